The molecule has 1 aliphatic rings. The first-order valence-electron chi connectivity index (χ1n) is 8.42. The molecule has 0 spiro atoms. The largest absolute Gasteiger partial charge is 0.348 e. The Hall–Kier alpha value is -1.14. The van der Waals surface area contributed by atoms with E-state index in [4.69, 9.17) is 0 Å². The van der Waals surface area contributed by atoms with Gasteiger partial charge < -0.3 is 10.6 Å². The molecule has 1 atom stereocenters. The lowest BCUT2D eigenvalue weighted by Crippen LogP contribution is -2.33. The molecule has 2 N–H and O–H groups in total. The average molecular weight is 344 g/mol. The summed E-state index contributed by atoms with van der Waals surface area (Å²) in [5.41, 5.74) is 1.34. The minimum Gasteiger partial charge on any atom is -0.348 e. The number of nitrogens with zero attached hydrogens (tertiary/aromatic N) is 3. The van der Waals surface area contributed by atoms with Crippen LogP contribution in [0.2, 0.25) is 0 Å². The Balaban J connectivity index is 0.00000264. The van der Waals surface area contributed by atoms with Gasteiger partial charge in [0.05, 0.1) is 11.7 Å². The molecule has 0 saturated carbocycles. The van der Waals surface area contributed by atoms with E-state index in [0.717, 1.165) is 44.5 Å². The smallest absolute Gasteiger partial charge is 0.273 e. The van der Waals surface area contributed by atoms with E-state index in [2.05, 4.69) is 34.8 Å². The molecule has 1 saturated heterocycles. The zero-order valence-electron chi connectivity index (χ0n) is 14.6. The number of aromatic nitrogens is 3. The van der Waals surface area contributed by atoms with Crippen molar-refractivity contribution in [2.24, 2.45) is 5.92 Å². The first-order chi connectivity index (χ1) is 10.5. The normalized spacial score (nSPS) is 16.9. The van der Waals surface area contributed by atoms with Gasteiger partial charge in [0.25, 0.3) is 5.91 Å². The molecule has 1 aromatic rings. The summed E-state index contributed by atoms with van der Waals surface area (Å²) in [4.78, 5) is 12.4. The van der Waals surface area contributed by atoms with Crippen molar-refractivity contribution in [1.82, 2.24) is 25.6 Å². The molecule has 2 rings (SSSR count). The third kappa shape index (κ3) is 5.46. The van der Waals surface area contributed by atoms with Crippen LogP contribution in [0.3, 0.4) is 0 Å². The van der Waals surface area contributed by atoms with Crippen molar-refractivity contribution in [3.05, 3.63) is 11.4 Å². The molecular formula is C16H30ClN5O. The maximum absolute atomic E-state index is 12.4. The second-order valence-electron chi connectivity index (χ2n) is 6.79. The molecule has 1 unspecified atom stereocenters. The van der Waals surface area contributed by atoms with Crippen LogP contribution in [0.25, 0.3) is 0 Å². The predicted molar refractivity (Wildman–Crippen MR) is 94.1 cm³/mol. The molecule has 0 bridgehead atoms. The number of carbonyl (C=O) groups is 1. The maximum atomic E-state index is 12.4. The monoisotopic (exact) mass is 343 g/mol. The zero-order valence-corrected chi connectivity index (χ0v) is 15.4. The van der Waals surface area contributed by atoms with Crippen molar-refractivity contribution in [3.63, 3.8) is 0 Å². The molecule has 1 aliphatic heterocycles. The van der Waals surface area contributed by atoms with Gasteiger partial charge in [-0.2, -0.15) is 0 Å². The minimum atomic E-state index is -0.103. The van der Waals surface area contributed by atoms with Crippen molar-refractivity contribution < 1.29 is 4.79 Å². The molecule has 1 amide bonds. The predicted octanol–water partition coefficient (Wildman–Crippen LogP) is 2.49. The van der Waals surface area contributed by atoms with Crippen LogP contribution in [0, 0.1) is 12.8 Å². The van der Waals surface area contributed by atoms with Crippen LogP contribution in [0.5, 0.6) is 0 Å². The molecule has 1 fully saturated rings. The molecule has 7 heteroatoms. The van der Waals surface area contributed by atoms with Gasteiger partial charge in [-0.15, -0.1) is 17.5 Å². The van der Waals surface area contributed by atoms with E-state index in [1.807, 2.05) is 18.5 Å². The number of hydrogen-bond donors (Lipinski definition) is 2. The number of piperidine rings is 1. The maximum Gasteiger partial charge on any atom is 0.273 e. The molecule has 0 aliphatic carbocycles. The summed E-state index contributed by atoms with van der Waals surface area (Å²) in [6, 6.07) is 0.520. The lowest BCUT2D eigenvalue weighted by Gasteiger charge is -2.23. The highest BCUT2D eigenvalue weighted by Gasteiger charge is 2.23. The lowest BCUT2D eigenvalue weighted by atomic mass is 10.0. The van der Waals surface area contributed by atoms with Crippen LogP contribution < -0.4 is 10.6 Å². The van der Waals surface area contributed by atoms with E-state index in [0.29, 0.717) is 17.7 Å². The first-order valence-corrected chi connectivity index (χ1v) is 8.42. The lowest BCUT2D eigenvalue weighted by molar-refractivity contribution is 0.0931. The van der Waals surface area contributed by atoms with Crippen LogP contribution >= 0.6 is 12.4 Å². The number of rotatable bonds is 6. The van der Waals surface area contributed by atoms with Crippen molar-refractivity contribution in [2.45, 2.75) is 65.5 Å². The molecule has 0 aromatic carbocycles. The summed E-state index contributed by atoms with van der Waals surface area (Å²) in [5.74, 6) is 0.552. The van der Waals surface area contributed by atoms with Crippen LogP contribution in [0.1, 0.15) is 68.7 Å². The van der Waals surface area contributed by atoms with Gasteiger partial charge in [-0.1, -0.05) is 19.1 Å². The van der Waals surface area contributed by atoms with E-state index in [1.165, 1.54) is 0 Å². The Morgan fingerprint density at radius 3 is 2.57 bits per heavy atom. The molecule has 0 radical (unpaired) electrons. The van der Waals surface area contributed by atoms with Gasteiger partial charge in [-0.05, 0) is 58.5 Å². The Labute approximate surface area is 145 Å². The fourth-order valence-electron chi connectivity index (χ4n) is 2.90. The Kier molecular flexibility index (Phi) is 7.99. The summed E-state index contributed by atoms with van der Waals surface area (Å²) >= 11 is 0. The third-order valence-electron chi connectivity index (χ3n) is 4.35. The summed E-state index contributed by atoms with van der Waals surface area (Å²) in [6.07, 6.45) is 4.18. The number of carbonyl (C=O) groups excluding carboxylic acids is 1. The van der Waals surface area contributed by atoms with Gasteiger partial charge in [-0.3, -0.25) is 4.79 Å². The summed E-state index contributed by atoms with van der Waals surface area (Å²) in [7, 11) is 0. The second kappa shape index (κ2) is 9.23. The number of nitrogens with one attached hydrogen (secondary N) is 2. The first kappa shape index (κ1) is 19.9. The summed E-state index contributed by atoms with van der Waals surface area (Å²) in [6.45, 7) is 10.4. The van der Waals surface area contributed by atoms with Crippen LogP contribution in [0.4, 0.5) is 0 Å². The summed E-state index contributed by atoms with van der Waals surface area (Å²) in [5, 5.41) is 14.7. The van der Waals surface area contributed by atoms with Gasteiger partial charge in [0.1, 0.15) is 0 Å². The van der Waals surface area contributed by atoms with E-state index >= 15 is 0 Å². The average Bonchev–Trinajstić information content (AvgIpc) is 2.88. The standard InChI is InChI=1S/C16H29N5O.ClH/c1-11(2)5-6-12(3)18-16(22)15-13(4)21(20-19-15)14-7-9-17-10-8-14;/h11-12,14,17H,5-10H2,1-4H3,(H,18,22);1H. The van der Waals surface area contributed by atoms with Crippen molar-refractivity contribution in [1.29, 1.82) is 0 Å². The second-order valence-corrected chi connectivity index (χ2v) is 6.79. The summed E-state index contributed by atoms with van der Waals surface area (Å²) < 4.78 is 1.93. The Morgan fingerprint density at radius 2 is 1.96 bits per heavy atom. The van der Waals surface area contributed by atoms with Crippen LogP contribution in [-0.4, -0.2) is 40.0 Å². The fourth-order valence-corrected chi connectivity index (χ4v) is 2.90. The van der Waals surface area contributed by atoms with Gasteiger partial charge in [0.2, 0.25) is 0 Å². The Bertz CT molecular complexity index is 497. The highest BCUT2D eigenvalue weighted by atomic mass is 35.5. The van der Waals surface area contributed by atoms with Gasteiger partial charge >= 0.3 is 0 Å². The van der Waals surface area contributed by atoms with E-state index in [1.54, 1.807) is 0 Å². The number of amides is 1. The van der Waals surface area contributed by atoms with Gasteiger partial charge in [0, 0.05) is 6.04 Å². The molecule has 6 nitrogen and oxygen atoms in total. The highest BCUT2D eigenvalue weighted by Crippen LogP contribution is 2.20. The van der Waals surface area contributed by atoms with Crippen molar-refractivity contribution in [3.8, 4) is 0 Å². The molecule has 23 heavy (non-hydrogen) atoms. The van der Waals surface area contributed by atoms with E-state index in [-0.39, 0.29) is 24.4 Å². The third-order valence-corrected chi connectivity index (χ3v) is 4.35. The van der Waals surface area contributed by atoms with Crippen molar-refractivity contribution in [2.75, 3.05) is 13.1 Å². The molecule has 1 aromatic heterocycles. The number of hydrogen-bond acceptors (Lipinski definition) is 4. The molecular weight excluding hydrogens is 314 g/mol. The molecule has 132 valence electrons. The van der Waals surface area contributed by atoms with Crippen molar-refractivity contribution >= 4 is 18.3 Å². The number of halogens is 1. The van der Waals surface area contributed by atoms with Gasteiger partial charge in [0.15, 0.2) is 5.69 Å². The SMILES string of the molecule is Cc1c(C(=O)NC(C)CCC(C)C)nnn1C1CCNCC1.Cl. The quantitative estimate of drug-likeness (QED) is 0.832. The minimum absolute atomic E-state index is 0. The molecule has 2 heterocycles. The van der Waals surface area contributed by atoms with E-state index < -0.39 is 0 Å². The van der Waals surface area contributed by atoms with Gasteiger partial charge in [-0.25, -0.2) is 4.68 Å². The van der Waals surface area contributed by atoms with E-state index in [9.17, 15) is 4.79 Å². The zero-order chi connectivity index (χ0) is 16.1. The Morgan fingerprint density at radius 1 is 1.30 bits per heavy atom. The van der Waals surface area contributed by atoms with Crippen LogP contribution in [-0.2, 0) is 0 Å². The van der Waals surface area contributed by atoms with Crippen LogP contribution in [0.15, 0.2) is 0 Å². The topological polar surface area (TPSA) is 71.8 Å². The highest BCUT2D eigenvalue weighted by molar-refractivity contribution is 5.93. The fraction of sp³-hybridized carbons (Fsp3) is 0.812.